The highest BCUT2D eigenvalue weighted by atomic mass is 35.5. The van der Waals surface area contributed by atoms with Gasteiger partial charge in [0.15, 0.2) is 0 Å². The van der Waals surface area contributed by atoms with E-state index >= 15 is 0 Å². The summed E-state index contributed by atoms with van der Waals surface area (Å²) in [5, 5.41) is 0. The minimum atomic E-state index is 0. The Balaban J connectivity index is 0.000000327. The third-order valence-electron chi connectivity index (χ3n) is 5.02. The first-order valence-electron chi connectivity index (χ1n) is 12.9. The molecule has 0 N–H and O–H groups in total. The molecule has 0 aliphatic rings. The number of halogens is 3. The Bertz CT molecular complexity index is 1460. The SMILES string of the molecule is C(#Cc1ccncn1)c1ccccc1.C(#Cc1cnccn1)c1ccccc1.C(#Cc1ncccn1)c1ccccc1.Cl.Cl.Cl. The molecule has 0 aliphatic carbocycles. The molecule has 0 fully saturated rings. The minimum absolute atomic E-state index is 0. The molecule has 3 aromatic carbocycles. The van der Waals surface area contributed by atoms with Gasteiger partial charge in [0, 0.05) is 47.7 Å². The van der Waals surface area contributed by atoms with Crippen LogP contribution in [0.25, 0.3) is 0 Å². The van der Waals surface area contributed by atoms with Gasteiger partial charge in [-0.05, 0) is 66.3 Å². The molecule has 0 amide bonds. The standard InChI is InChI=1S/3C12H8N2.3ClH/c1-2-5-11(6-3-1)7-8-12-13-9-4-10-14-12;1-2-4-11(5-3-1)6-7-12-10-13-8-9-14-12;1-2-4-11(5-3-1)6-7-12-8-9-13-10-14-12;;;/h1-6,9-10H;2*1-5,8-10H;3*1H. The van der Waals surface area contributed by atoms with Crippen LogP contribution in [-0.2, 0) is 0 Å². The summed E-state index contributed by atoms with van der Waals surface area (Å²) in [5.74, 6) is 18.4. The first-order chi connectivity index (χ1) is 20.8. The Hall–Kier alpha value is -5.55. The molecule has 3 heterocycles. The van der Waals surface area contributed by atoms with Gasteiger partial charge in [-0.15, -0.1) is 37.2 Å². The van der Waals surface area contributed by atoms with Crippen LogP contribution in [0.2, 0.25) is 0 Å². The fourth-order valence-corrected chi connectivity index (χ4v) is 3.06. The van der Waals surface area contributed by atoms with Crippen molar-refractivity contribution in [2.45, 2.75) is 0 Å². The van der Waals surface area contributed by atoms with Gasteiger partial charge in [0.05, 0.1) is 6.20 Å². The quantitative estimate of drug-likeness (QED) is 0.167. The lowest BCUT2D eigenvalue weighted by Gasteiger charge is -1.87. The van der Waals surface area contributed by atoms with E-state index in [-0.39, 0.29) is 37.2 Å². The normalized spacial score (nSPS) is 8.27. The number of benzene rings is 3. The lowest BCUT2D eigenvalue weighted by Crippen LogP contribution is -1.84. The van der Waals surface area contributed by atoms with Crippen LogP contribution in [-0.4, -0.2) is 29.9 Å². The predicted octanol–water partition coefficient (Wildman–Crippen LogP) is 6.89. The van der Waals surface area contributed by atoms with Crippen LogP contribution >= 0.6 is 37.2 Å². The smallest absolute Gasteiger partial charge is 0.205 e. The molecule has 0 saturated carbocycles. The van der Waals surface area contributed by atoms with E-state index in [2.05, 4.69) is 65.4 Å². The Labute approximate surface area is 282 Å². The van der Waals surface area contributed by atoms with Crippen molar-refractivity contribution in [2.75, 3.05) is 0 Å². The van der Waals surface area contributed by atoms with Gasteiger partial charge in [0.1, 0.15) is 17.7 Å². The molecule has 0 aliphatic heterocycles. The number of hydrogen-bond donors (Lipinski definition) is 0. The average Bonchev–Trinajstić information content (AvgIpc) is 3.09. The van der Waals surface area contributed by atoms with Gasteiger partial charge in [-0.3, -0.25) is 4.98 Å². The van der Waals surface area contributed by atoms with E-state index < -0.39 is 0 Å². The summed E-state index contributed by atoms with van der Waals surface area (Å²) in [5.41, 5.74) is 4.38. The fraction of sp³-hybridized carbons (Fsp3) is 0. The third kappa shape index (κ3) is 15.5. The van der Waals surface area contributed by atoms with E-state index in [1.54, 1.807) is 49.3 Å². The Morgan fingerprint density at radius 2 is 0.867 bits per heavy atom. The summed E-state index contributed by atoms with van der Waals surface area (Å²) in [6.07, 6.45) is 11.5. The highest BCUT2D eigenvalue weighted by Crippen LogP contribution is 1.98. The molecule has 3 aromatic heterocycles. The molecule has 0 unspecified atom stereocenters. The molecule has 0 atom stereocenters. The van der Waals surface area contributed by atoms with Crippen molar-refractivity contribution in [3.8, 4) is 35.5 Å². The minimum Gasteiger partial charge on any atom is -0.260 e. The van der Waals surface area contributed by atoms with Gasteiger partial charge in [-0.25, -0.2) is 24.9 Å². The highest BCUT2D eigenvalue weighted by Gasteiger charge is 1.87. The number of hydrogen-bond acceptors (Lipinski definition) is 6. The van der Waals surface area contributed by atoms with Crippen LogP contribution in [0.5, 0.6) is 0 Å². The van der Waals surface area contributed by atoms with E-state index in [4.69, 9.17) is 0 Å². The summed E-state index contributed by atoms with van der Waals surface area (Å²) in [7, 11) is 0. The van der Waals surface area contributed by atoms with Crippen molar-refractivity contribution in [3.63, 3.8) is 0 Å². The van der Waals surface area contributed by atoms with Gasteiger partial charge in [-0.1, -0.05) is 72.4 Å². The number of aromatic nitrogens is 6. The maximum atomic E-state index is 4.06. The second-order valence-electron chi connectivity index (χ2n) is 8.11. The lowest BCUT2D eigenvalue weighted by atomic mass is 10.2. The van der Waals surface area contributed by atoms with Crippen LogP contribution in [0.1, 0.15) is 33.9 Å². The Morgan fingerprint density at radius 1 is 0.356 bits per heavy atom. The first kappa shape index (κ1) is 37.5. The van der Waals surface area contributed by atoms with Crippen LogP contribution in [0.3, 0.4) is 0 Å². The molecular formula is C36H27Cl3N6. The predicted molar refractivity (Wildman–Crippen MR) is 185 cm³/mol. The zero-order valence-corrected chi connectivity index (χ0v) is 26.2. The largest absolute Gasteiger partial charge is 0.260 e. The topological polar surface area (TPSA) is 77.3 Å². The second kappa shape index (κ2) is 23.0. The maximum absolute atomic E-state index is 4.06. The first-order valence-corrected chi connectivity index (χ1v) is 12.9. The number of rotatable bonds is 0. The van der Waals surface area contributed by atoms with Crippen molar-refractivity contribution < 1.29 is 0 Å². The molecule has 45 heavy (non-hydrogen) atoms. The molecule has 6 aromatic rings. The van der Waals surface area contributed by atoms with E-state index in [0.717, 1.165) is 22.4 Å². The summed E-state index contributed by atoms with van der Waals surface area (Å²) in [6, 6.07) is 33.0. The van der Waals surface area contributed by atoms with Gasteiger partial charge >= 0.3 is 0 Å². The van der Waals surface area contributed by atoms with Gasteiger partial charge in [-0.2, -0.15) is 0 Å². The summed E-state index contributed by atoms with van der Waals surface area (Å²) >= 11 is 0. The van der Waals surface area contributed by atoms with E-state index in [0.29, 0.717) is 11.5 Å². The molecule has 0 saturated heterocycles. The van der Waals surface area contributed by atoms with Gasteiger partial charge in [0.25, 0.3) is 0 Å². The summed E-state index contributed by atoms with van der Waals surface area (Å²) in [6.45, 7) is 0. The van der Waals surface area contributed by atoms with Crippen LogP contribution < -0.4 is 0 Å². The number of nitrogens with zero attached hydrogens (tertiary/aromatic N) is 6. The summed E-state index contributed by atoms with van der Waals surface area (Å²) < 4.78 is 0. The zero-order chi connectivity index (χ0) is 28.9. The van der Waals surface area contributed by atoms with Crippen molar-refractivity contribution in [2.24, 2.45) is 0 Å². The maximum Gasteiger partial charge on any atom is 0.205 e. The highest BCUT2D eigenvalue weighted by molar-refractivity contribution is 5.86. The van der Waals surface area contributed by atoms with Crippen molar-refractivity contribution in [3.05, 3.63) is 181 Å². The van der Waals surface area contributed by atoms with Crippen molar-refractivity contribution in [1.82, 2.24) is 29.9 Å². The van der Waals surface area contributed by atoms with Crippen LogP contribution in [0, 0.1) is 35.5 Å². The zero-order valence-electron chi connectivity index (χ0n) is 23.8. The van der Waals surface area contributed by atoms with Crippen LogP contribution in [0.4, 0.5) is 0 Å². The summed E-state index contributed by atoms with van der Waals surface area (Å²) in [4.78, 5) is 23.8. The molecule has 6 rings (SSSR count). The van der Waals surface area contributed by atoms with E-state index in [1.165, 1.54) is 6.33 Å². The molecule has 9 heteroatoms. The van der Waals surface area contributed by atoms with Gasteiger partial charge in [0.2, 0.25) is 5.82 Å². The lowest BCUT2D eigenvalue weighted by molar-refractivity contribution is 1.13. The molecule has 0 bridgehead atoms. The fourth-order valence-electron chi connectivity index (χ4n) is 3.06. The van der Waals surface area contributed by atoms with E-state index in [9.17, 15) is 0 Å². The molecule has 0 radical (unpaired) electrons. The molecule has 222 valence electrons. The van der Waals surface area contributed by atoms with Crippen molar-refractivity contribution in [1.29, 1.82) is 0 Å². The van der Waals surface area contributed by atoms with Crippen LogP contribution in [0.15, 0.2) is 147 Å². The Kier molecular flexibility index (Phi) is 19.1. The molecule has 0 spiro atoms. The average molecular weight is 650 g/mol. The third-order valence-corrected chi connectivity index (χ3v) is 5.02. The Morgan fingerprint density at radius 3 is 1.33 bits per heavy atom. The molecule has 6 nitrogen and oxygen atoms in total. The molecular weight excluding hydrogens is 623 g/mol. The van der Waals surface area contributed by atoms with Gasteiger partial charge < -0.3 is 0 Å². The second-order valence-corrected chi connectivity index (χ2v) is 8.11. The van der Waals surface area contributed by atoms with Crippen molar-refractivity contribution >= 4 is 37.2 Å². The monoisotopic (exact) mass is 648 g/mol. The van der Waals surface area contributed by atoms with E-state index in [1.807, 2.05) is 91.0 Å².